The van der Waals surface area contributed by atoms with Crippen LogP contribution in [0.1, 0.15) is 29.6 Å². The van der Waals surface area contributed by atoms with Crippen molar-refractivity contribution in [2.75, 3.05) is 0 Å². The van der Waals surface area contributed by atoms with Crippen molar-refractivity contribution in [2.45, 2.75) is 31.4 Å². The summed E-state index contributed by atoms with van der Waals surface area (Å²) in [6.45, 7) is 0. The summed E-state index contributed by atoms with van der Waals surface area (Å²) in [5.41, 5.74) is 0.854. The standard InChI is InChI=1S/C20H18ClN5O3/c21-13-6-4-12(5-7-13)17-10-15(19(28)24-16-2-1-3-18(16)27)20(29)26(25-17)14-8-9-22-23-11-14/h4-11,16,18,27H,1-3H2,(H,24,28)/t16-,18-/m1/s1. The van der Waals surface area contributed by atoms with Gasteiger partial charge in [-0.3, -0.25) is 9.59 Å². The molecule has 0 bridgehead atoms. The Kier molecular flexibility index (Phi) is 5.37. The molecule has 0 aliphatic heterocycles. The lowest BCUT2D eigenvalue weighted by atomic mass is 10.1. The molecule has 3 aromatic rings. The molecule has 148 valence electrons. The van der Waals surface area contributed by atoms with E-state index < -0.39 is 17.6 Å². The van der Waals surface area contributed by atoms with Crippen molar-refractivity contribution < 1.29 is 9.90 Å². The van der Waals surface area contributed by atoms with Crippen molar-refractivity contribution in [2.24, 2.45) is 0 Å². The molecule has 1 aromatic carbocycles. The zero-order valence-corrected chi connectivity index (χ0v) is 16.1. The van der Waals surface area contributed by atoms with E-state index in [9.17, 15) is 14.7 Å². The Morgan fingerprint density at radius 3 is 2.62 bits per heavy atom. The Morgan fingerprint density at radius 1 is 1.17 bits per heavy atom. The Bertz CT molecular complexity index is 1090. The number of hydrogen-bond donors (Lipinski definition) is 2. The molecular weight excluding hydrogens is 394 g/mol. The lowest BCUT2D eigenvalue weighted by Crippen LogP contribution is -2.42. The Hall–Kier alpha value is -3.10. The van der Waals surface area contributed by atoms with Gasteiger partial charge in [0.05, 0.1) is 35.9 Å². The second-order valence-corrected chi connectivity index (χ2v) is 7.28. The zero-order chi connectivity index (χ0) is 20.4. The first-order chi connectivity index (χ1) is 14.0. The van der Waals surface area contributed by atoms with Gasteiger partial charge in [0.2, 0.25) is 0 Å². The van der Waals surface area contributed by atoms with Gasteiger partial charge in [0.25, 0.3) is 11.5 Å². The van der Waals surface area contributed by atoms with Gasteiger partial charge < -0.3 is 10.4 Å². The molecule has 1 fully saturated rings. The lowest BCUT2D eigenvalue weighted by molar-refractivity contribution is 0.0871. The second kappa shape index (κ2) is 8.10. The summed E-state index contributed by atoms with van der Waals surface area (Å²) >= 11 is 5.96. The summed E-state index contributed by atoms with van der Waals surface area (Å²) in [6.07, 6.45) is 4.35. The van der Waals surface area contributed by atoms with Crippen LogP contribution >= 0.6 is 11.6 Å². The molecule has 2 aromatic heterocycles. The third-order valence-electron chi connectivity index (χ3n) is 4.91. The van der Waals surface area contributed by atoms with Crippen LogP contribution < -0.4 is 10.9 Å². The maximum absolute atomic E-state index is 13.0. The van der Waals surface area contributed by atoms with Crippen molar-refractivity contribution in [1.82, 2.24) is 25.3 Å². The van der Waals surface area contributed by atoms with Gasteiger partial charge in [0.15, 0.2) is 0 Å². The highest BCUT2D eigenvalue weighted by molar-refractivity contribution is 6.30. The molecule has 2 heterocycles. The van der Waals surface area contributed by atoms with E-state index >= 15 is 0 Å². The molecule has 0 spiro atoms. The molecular formula is C20H18ClN5O3. The van der Waals surface area contributed by atoms with Crippen molar-refractivity contribution >= 4 is 17.5 Å². The van der Waals surface area contributed by atoms with Crippen LogP contribution in [0.5, 0.6) is 0 Å². The summed E-state index contributed by atoms with van der Waals surface area (Å²) in [5, 5.41) is 25.2. The normalized spacial score (nSPS) is 18.6. The van der Waals surface area contributed by atoms with Crippen LogP contribution in [0.2, 0.25) is 5.02 Å². The smallest absolute Gasteiger partial charge is 0.284 e. The number of aliphatic hydroxyl groups is 1. The highest BCUT2D eigenvalue weighted by Crippen LogP contribution is 2.22. The van der Waals surface area contributed by atoms with Crippen LogP contribution in [-0.2, 0) is 0 Å². The van der Waals surface area contributed by atoms with E-state index in [-0.39, 0.29) is 11.6 Å². The van der Waals surface area contributed by atoms with E-state index in [1.807, 2.05) is 0 Å². The van der Waals surface area contributed by atoms with Gasteiger partial charge in [0.1, 0.15) is 5.56 Å². The van der Waals surface area contributed by atoms with Gasteiger partial charge in [-0.15, -0.1) is 0 Å². The largest absolute Gasteiger partial charge is 0.391 e. The molecule has 8 nitrogen and oxygen atoms in total. The summed E-state index contributed by atoms with van der Waals surface area (Å²) in [6, 6.07) is 9.58. The van der Waals surface area contributed by atoms with Gasteiger partial charge in [-0.1, -0.05) is 23.7 Å². The van der Waals surface area contributed by atoms with Crippen LogP contribution in [0, 0.1) is 0 Å². The summed E-state index contributed by atoms with van der Waals surface area (Å²) in [5.74, 6) is -0.547. The molecule has 0 saturated heterocycles. The van der Waals surface area contributed by atoms with E-state index in [0.717, 1.165) is 11.1 Å². The fraction of sp³-hybridized carbons (Fsp3) is 0.250. The fourth-order valence-electron chi connectivity index (χ4n) is 3.36. The predicted molar refractivity (Wildman–Crippen MR) is 107 cm³/mol. The zero-order valence-electron chi connectivity index (χ0n) is 15.3. The first-order valence-corrected chi connectivity index (χ1v) is 9.57. The minimum Gasteiger partial charge on any atom is -0.391 e. The molecule has 4 rings (SSSR count). The number of carbonyl (C=O) groups is 1. The molecule has 0 unspecified atom stereocenters. The minimum absolute atomic E-state index is 0.0686. The quantitative estimate of drug-likeness (QED) is 0.679. The van der Waals surface area contributed by atoms with E-state index in [2.05, 4.69) is 20.6 Å². The molecule has 29 heavy (non-hydrogen) atoms. The molecule has 9 heteroatoms. The van der Waals surface area contributed by atoms with Crippen LogP contribution in [0.4, 0.5) is 0 Å². The SMILES string of the molecule is O=C(N[C@@H]1CCC[C@H]1O)c1cc(-c2ccc(Cl)cc2)nn(-c2ccnnc2)c1=O. The lowest BCUT2D eigenvalue weighted by Gasteiger charge is -2.17. The van der Waals surface area contributed by atoms with Gasteiger partial charge in [-0.05, 0) is 43.5 Å². The number of rotatable bonds is 4. The molecule has 1 amide bonds. The second-order valence-electron chi connectivity index (χ2n) is 6.85. The van der Waals surface area contributed by atoms with E-state index in [0.29, 0.717) is 34.8 Å². The van der Waals surface area contributed by atoms with Crippen molar-refractivity contribution in [3.63, 3.8) is 0 Å². The topological polar surface area (TPSA) is 110 Å². The highest BCUT2D eigenvalue weighted by atomic mass is 35.5. The molecule has 2 atom stereocenters. The van der Waals surface area contributed by atoms with Gasteiger partial charge in [0, 0.05) is 10.6 Å². The molecule has 1 aliphatic carbocycles. The number of nitrogens with one attached hydrogen (secondary N) is 1. The van der Waals surface area contributed by atoms with Gasteiger partial charge >= 0.3 is 0 Å². The van der Waals surface area contributed by atoms with E-state index in [1.54, 1.807) is 30.3 Å². The van der Waals surface area contributed by atoms with E-state index in [4.69, 9.17) is 11.6 Å². The molecule has 0 radical (unpaired) electrons. The van der Waals surface area contributed by atoms with Crippen LogP contribution in [0.25, 0.3) is 16.9 Å². The van der Waals surface area contributed by atoms with E-state index in [1.165, 1.54) is 18.5 Å². The predicted octanol–water partition coefficient (Wildman–Crippen LogP) is 1.99. The third-order valence-corrected chi connectivity index (χ3v) is 5.16. The number of amides is 1. The van der Waals surface area contributed by atoms with Crippen molar-refractivity contribution in [1.29, 1.82) is 0 Å². The summed E-state index contributed by atoms with van der Waals surface area (Å²) in [7, 11) is 0. The van der Waals surface area contributed by atoms with Crippen molar-refractivity contribution in [3.8, 4) is 16.9 Å². The average Bonchev–Trinajstić information content (AvgIpc) is 3.14. The fourth-order valence-corrected chi connectivity index (χ4v) is 3.48. The third kappa shape index (κ3) is 4.03. The first-order valence-electron chi connectivity index (χ1n) is 9.19. The number of aliphatic hydroxyl groups excluding tert-OH is 1. The summed E-state index contributed by atoms with van der Waals surface area (Å²) < 4.78 is 1.12. The van der Waals surface area contributed by atoms with Crippen molar-refractivity contribution in [3.05, 3.63) is 69.7 Å². The molecule has 1 aliphatic rings. The van der Waals surface area contributed by atoms with Crippen LogP contribution in [0.3, 0.4) is 0 Å². The maximum atomic E-state index is 13.0. The number of aromatic nitrogens is 4. The Morgan fingerprint density at radius 2 is 1.97 bits per heavy atom. The molecule has 1 saturated carbocycles. The van der Waals surface area contributed by atoms with Crippen LogP contribution in [0.15, 0.2) is 53.6 Å². The number of nitrogens with zero attached hydrogens (tertiary/aromatic N) is 4. The maximum Gasteiger partial charge on any atom is 0.284 e. The molecule has 2 N–H and O–H groups in total. The highest BCUT2D eigenvalue weighted by Gasteiger charge is 2.28. The number of carbonyl (C=O) groups excluding carboxylic acids is 1. The van der Waals surface area contributed by atoms with Gasteiger partial charge in [-0.2, -0.15) is 20.0 Å². The summed E-state index contributed by atoms with van der Waals surface area (Å²) in [4.78, 5) is 25.9. The monoisotopic (exact) mass is 411 g/mol. The minimum atomic E-state index is -0.608. The number of benzene rings is 1. The number of hydrogen-bond acceptors (Lipinski definition) is 6. The number of halogens is 1. The Labute approximate surface area is 171 Å². The first kappa shape index (κ1) is 19.2. The van der Waals surface area contributed by atoms with Crippen LogP contribution in [-0.4, -0.2) is 43.1 Å². The van der Waals surface area contributed by atoms with Gasteiger partial charge in [-0.25, -0.2) is 0 Å². The average molecular weight is 412 g/mol. The Balaban J connectivity index is 1.81.